The number of hydrogen-bond donors (Lipinski definition) is 2. The second-order valence-electron chi connectivity index (χ2n) is 4.43. The first-order valence-corrected chi connectivity index (χ1v) is 6.43. The molecule has 1 rings (SSSR count). The molecule has 1 aromatic carbocycles. The van der Waals surface area contributed by atoms with E-state index >= 15 is 0 Å². The van der Waals surface area contributed by atoms with Gasteiger partial charge in [0, 0.05) is 39.5 Å². The molecular weight excluding hydrogens is 242 g/mol. The molecule has 0 saturated carbocycles. The Balaban J connectivity index is 2.40. The third-order valence-corrected chi connectivity index (χ3v) is 2.82. The zero-order valence-electron chi connectivity index (χ0n) is 11.7. The van der Waals surface area contributed by atoms with Crippen LogP contribution in [0.4, 0.5) is 5.69 Å². The van der Waals surface area contributed by atoms with Crippen molar-refractivity contribution < 1.29 is 9.53 Å². The fraction of sp³-hybridized carbons (Fsp3) is 0.500. The van der Waals surface area contributed by atoms with Crippen LogP contribution in [-0.4, -0.2) is 39.8 Å². The summed E-state index contributed by atoms with van der Waals surface area (Å²) in [7, 11) is 3.55. The number of anilines is 1. The van der Waals surface area contributed by atoms with Gasteiger partial charge in [-0.1, -0.05) is 12.1 Å². The SMILES string of the molecule is COCCCNC(=O)CN(C)c1cccc(CN)c1. The third kappa shape index (κ3) is 5.72. The Kier molecular flexibility index (Phi) is 6.92. The summed E-state index contributed by atoms with van der Waals surface area (Å²) in [5.74, 6) is 0.0109. The average Bonchev–Trinajstić information content (AvgIpc) is 2.43. The third-order valence-electron chi connectivity index (χ3n) is 2.82. The number of benzene rings is 1. The first kappa shape index (κ1) is 15.5. The van der Waals surface area contributed by atoms with Crippen LogP contribution in [0.5, 0.6) is 0 Å². The molecule has 0 aromatic heterocycles. The fourth-order valence-electron chi connectivity index (χ4n) is 1.73. The molecule has 0 spiro atoms. The molecule has 5 heteroatoms. The van der Waals surface area contributed by atoms with E-state index in [0.717, 1.165) is 17.7 Å². The van der Waals surface area contributed by atoms with Gasteiger partial charge in [-0.2, -0.15) is 0 Å². The van der Waals surface area contributed by atoms with Gasteiger partial charge in [0.2, 0.25) is 5.91 Å². The highest BCUT2D eigenvalue weighted by Gasteiger charge is 2.07. The lowest BCUT2D eigenvalue weighted by Gasteiger charge is -2.19. The van der Waals surface area contributed by atoms with Crippen LogP contribution in [0.25, 0.3) is 0 Å². The summed E-state index contributed by atoms with van der Waals surface area (Å²) in [6.45, 7) is 2.14. The number of nitrogens with zero attached hydrogens (tertiary/aromatic N) is 1. The molecule has 0 bridgehead atoms. The number of nitrogens with one attached hydrogen (secondary N) is 1. The number of nitrogens with two attached hydrogens (primary N) is 1. The first-order valence-electron chi connectivity index (χ1n) is 6.43. The number of amides is 1. The number of carbonyl (C=O) groups is 1. The van der Waals surface area contributed by atoms with E-state index in [1.807, 2.05) is 36.2 Å². The van der Waals surface area contributed by atoms with Crippen LogP contribution in [0.2, 0.25) is 0 Å². The minimum atomic E-state index is 0.0109. The van der Waals surface area contributed by atoms with Gasteiger partial charge in [-0.05, 0) is 24.1 Å². The Labute approximate surface area is 114 Å². The lowest BCUT2D eigenvalue weighted by atomic mass is 10.2. The molecule has 0 fully saturated rings. The van der Waals surface area contributed by atoms with Gasteiger partial charge in [0.1, 0.15) is 0 Å². The van der Waals surface area contributed by atoms with Gasteiger partial charge in [0.15, 0.2) is 0 Å². The Bertz CT molecular complexity index is 396. The first-order chi connectivity index (χ1) is 9.17. The predicted molar refractivity (Wildman–Crippen MR) is 77.1 cm³/mol. The Morgan fingerprint density at radius 1 is 1.47 bits per heavy atom. The van der Waals surface area contributed by atoms with Crippen molar-refractivity contribution >= 4 is 11.6 Å². The normalized spacial score (nSPS) is 10.3. The molecule has 0 saturated heterocycles. The average molecular weight is 265 g/mol. The van der Waals surface area contributed by atoms with Crippen LogP contribution in [-0.2, 0) is 16.1 Å². The maximum absolute atomic E-state index is 11.7. The number of likely N-dealkylation sites (N-methyl/N-ethyl adjacent to an activating group) is 1. The van der Waals surface area contributed by atoms with Crippen LogP contribution in [0.15, 0.2) is 24.3 Å². The van der Waals surface area contributed by atoms with Crippen molar-refractivity contribution in [3.8, 4) is 0 Å². The summed E-state index contributed by atoms with van der Waals surface area (Å²) >= 11 is 0. The monoisotopic (exact) mass is 265 g/mol. The highest BCUT2D eigenvalue weighted by atomic mass is 16.5. The highest BCUT2D eigenvalue weighted by Crippen LogP contribution is 2.14. The molecule has 0 atom stereocenters. The van der Waals surface area contributed by atoms with E-state index < -0.39 is 0 Å². The molecule has 1 aromatic rings. The second-order valence-corrected chi connectivity index (χ2v) is 4.43. The molecule has 3 N–H and O–H groups in total. The zero-order valence-corrected chi connectivity index (χ0v) is 11.7. The standard InChI is InChI=1S/C14H23N3O2/c1-17(11-14(18)16-7-4-8-19-2)13-6-3-5-12(9-13)10-15/h3,5-6,9H,4,7-8,10-11,15H2,1-2H3,(H,16,18). The van der Waals surface area contributed by atoms with E-state index in [1.165, 1.54) is 0 Å². The Morgan fingerprint density at radius 3 is 2.95 bits per heavy atom. The quantitative estimate of drug-likeness (QED) is 0.680. The number of ether oxygens (including phenoxy) is 1. The van der Waals surface area contributed by atoms with Gasteiger partial charge >= 0.3 is 0 Å². The molecule has 0 aliphatic heterocycles. The van der Waals surface area contributed by atoms with Crippen molar-refractivity contribution in [1.29, 1.82) is 0 Å². The van der Waals surface area contributed by atoms with Crippen molar-refractivity contribution in [3.63, 3.8) is 0 Å². The van der Waals surface area contributed by atoms with Crippen molar-refractivity contribution in [2.24, 2.45) is 5.73 Å². The topological polar surface area (TPSA) is 67.6 Å². The predicted octanol–water partition coefficient (Wildman–Crippen LogP) is 0.734. The minimum absolute atomic E-state index is 0.0109. The summed E-state index contributed by atoms with van der Waals surface area (Å²) in [6, 6.07) is 7.89. The van der Waals surface area contributed by atoms with Crippen LogP contribution >= 0.6 is 0 Å². The van der Waals surface area contributed by atoms with E-state index in [1.54, 1.807) is 7.11 Å². The number of methoxy groups -OCH3 is 1. The molecule has 0 radical (unpaired) electrons. The summed E-state index contributed by atoms with van der Waals surface area (Å²) in [5.41, 5.74) is 7.66. The van der Waals surface area contributed by atoms with Crippen molar-refractivity contribution in [2.45, 2.75) is 13.0 Å². The molecule has 0 unspecified atom stereocenters. The van der Waals surface area contributed by atoms with Crippen molar-refractivity contribution in [1.82, 2.24) is 5.32 Å². The molecule has 0 heterocycles. The lowest BCUT2D eigenvalue weighted by Crippen LogP contribution is -2.35. The fourth-order valence-corrected chi connectivity index (χ4v) is 1.73. The van der Waals surface area contributed by atoms with Crippen LogP contribution < -0.4 is 16.0 Å². The van der Waals surface area contributed by atoms with E-state index in [0.29, 0.717) is 26.2 Å². The van der Waals surface area contributed by atoms with Gasteiger partial charge in [-0.15, -0.1) is 0 Å². The van der Waals surface area contributed by atoms with Gasteiger partial charge in [-0.3, -0.25) is 4.79 Å². The van der Waals surface area contributed by atoms with Gasteiger partial charge in [0.05, 0.1) is 6.54 Å². The van der Waals surface area contributed by atoms with Gasteiger partial charge < -0.3 is 20.7 Å². The molecule has 5 nitrogen and oxygen atoms in total. The Hall–Kier alpha value is -1.59. The maximum atomic E-state index is 11.7. The Morgan fingerprint density at radius 2 is 2.26 bits per heavy atom. The van der Waals surface area contributed by atoms with Crippen molar-refractivity contribution in [3.05, 3.63) is 29.8 Å². The smallest absolute Gasteiger partial charge is 0.239 e. The van der Waals surface area contributed by atoms with Gasteiger partial charge in [-0.25, -0.2) is 0 Å². The van der Waals surface area contributed by atoms with E-state index in [-0.39, 0.29) is 5.91 Å². The maximum Gasteiger partial charge on any atom is 0.239 e. The highest BCUT2D eigenvalue weighted by molar-refractivity contribution is 5.81. The van der Waals surface area contributed by atoms with Crippen LogP contribution in [0.1, 0.15) is 12.0 Å². The van der Waals surface area contributed by atoms with E-state index in [9.17, 15) is 4.79 Å². The van der Waals surface area contributed by atoms with E-state index in [2.05, 4.69) is 5.32 Å². The largest absolute Gasteiger partial charge is 0.385 e. The zero-order chi connectivity index (χ0) is 14.1. The molecule has 19 heavy (non-hydrogen) atoms. The molecule has 106 valence electrons. The summed E-state index contributed by atoms with van der Waals surface area (Å²) < 4.78 is 4.93. The number of rotatable bonds is 8. The van der Waals surface area contributed by atoms with Crippen LogP contribution in [0, 0.1) is 0 Å². The summed E-state index contributed by atoms with van der Waals surface area (Å²) in [4.78, 5) is 13.6. The minimum Gasteiger partial charge on any atom is -0.385 e. The summed E-state index contributed by atoms with van der Waals surface area (Å²) in [5, 5.41) is 2.86. The molecule has 0 aliphatic rings. The van der Waals surface area contributed by atoms with Crippen LogP contribution in [0.3, 0.4) is 0 Å². The van der Waals surface area contributed by atoms with Crippen molar-refractivity contribution in [2.75, 3.05) is 38.8 Å². The van der Waals surface area contributed by atoms with E-state index in [4.69, 9.17) is 10.5 Å². The number of carbonyl (C=O) groups excluding carboxylic acids is 1. The second kappa shape index (κ2) is 8.50. The lowest BCUT2D eigenvalue weighted by molar-refractivity contribution is -0.119. The molecular formula is C14H23N3O2. The molecule has 1 amide bonds. The van der Waals surface area contributed by atoms with Gasteiger partial charge in [0.25, 0.3) is 0 Å². The summed E-state index contributed by atoms with van der Waals surface area (Å²) in [6.07, 6.45) is 0.828. The molecule has 0 aliphatic carbocycles. The number of hydrogen-bond acceptors (Lipinski definition) is 4.